The number of amides is 1. The van der Waals surface area contributed by atoms with Gasteiger partial charge in [-0.25, -0.2) is 13.2 Å². The fourth-order valence-electron chi connectivity index (χ4n) is 2.73. The normalized spacial score (nSPS) is 12.1. The standard InChI is InChI=1S/C21H26N2O5S/c1-4-8-16(2)22-20(24)15-28-21(25)17-11-13-19(14-12-17)29(26,27)23(3)18-9-6-5-7-10-18/h5-7,9-14,16H,4,8,15H2,1-3H3,(H,22,24)/t16-/m1/s1. The van der Waals surface area contributed by atoms with E-state index >= 15 is 0 Å². The lowest BCUT2D eigenvalue weighted by Crippen LogP contribution is -2.35. The van der Waals surface area contributed by atoms with Crippen LogP contribution in [0.4, 0.5) is 5.69 Å². The topological polar surface area (TPSA) is 92.8 Å². The molecule has 1 atom stereocenters. The summed E-state index contributed by atoms with van der Waals surface area (Å²) in [5.74, 6) is -1.06. The molecule has 0 aliphatic rings. The van der Waals surface area contributed by atoms with E-state index in [4.69, 9.17) is 4.74 Å². The Bertz CT molecular complexity index is 927. The summed E-state index contributed by atoms with van der Waals surface area (Å²) in [5.41, 5.74) is 0.694. The molecule has 0 saturated heterocycles. The number of nitrogens with zero attached hydrogens (tertiary/aromatic N) is 1. The van der Waals surface area contributed by atoms with Crippen molar-refractivity contribution in [3.63, 3.8) is 0 Å². The number of benzene rings is 2. The Morgan fingerprint density at radius 2 is 1.69 bits per heavy atom. The van der Waals surface area contributed by atoms with Crippen LogP contribution in [0.3, 0.4) is 0 Å². The molecule has 1 amide bonds. The molecule has 0 aromatic heterocycles. The second kappa shape index (κ2) is 10.1. The third kappa shape index (κ3) is 6.05. The Morgan fingerprint density at radius 3 is 2.28 bits per heavy atom. The average Bonchev–Trinajstić information content (AvgIpc) is 2.72. The first-order valence-corrected chi connectivity index (χ1v) is 10.8. The molecule has 8 heteroatoms. The van der Waals surface area contributed by atoms with Crippen molar-refractivity contribution in [2.45, 2.75) is 37.6 Å². The number of rotatable bonds is 9. The van der Waals surface area contributed by atoms with E-state index in [9.17, 15) is 18.0 Å². The van der Waals surface area contributed by atoms with Crippen molar-refractivity contribution in [2.24, 2.45) is 0 Å². The maximum Gasteiger partial charge on any atom is 0.338 e. The maximum absolute atomic E-state index is 12.7. The highest BCUT2D eigenvalue weighted by molar-refractivity contribution is 7.92. The van der Waals surface area contributed by atoms with Gasteiger partial charge in [-0.3, -0.25) is 9.10 Å². The highest BCUT2D eigenvalue weighted by Crippen LogP contribution is 2.22. The Labute approximate surface area is 171 Å². The summed E-state index contributed by atoms with van der Waals surface area (Å²) in [7, 11) is -2.30. The zero-order valence-corrected chi connectivity index (χ0v) is 17.6. The molecule has 0 saturated carbocycles. The van der Waals surface area contributed by atoms with Crippen molar-refractivity contribution >= 4 is 27.6 Å². The summed E-state index contributed by atoms with van der Waals surface area (Å²) >= 11 is 0. The SMILES string of the molecule is CCC[C@@H](C)NC(=O)COC(=O)c1ccc(S(=O)(=O)N(C)c2ccccc2)cc1. The second-order valence-electron chi connectivity index (χ2n) is 6.67. The van der Waals surface area contributed by atoms with E-state index in [2.05, 4.69) is 5.32 Å². The summed E-state index contributed by atoms with van der Waals surface area (Å²) in [5, 5.41) is 2.74. The second-order valence-corrected chi connectivity index (χ2v) is 8.64. The number of hydrogen-bond donors (Lipinski definition) is 1. The number of para-hydroxylation sites is 1. The molecule has 2 aromatic rings. The predicted molar refractivity (Wildman–Crippen MR) is 111 cm³/mol. The molecule has 0 bridgehead atoms. The van der Waals surface area contributed by atoms with Gasteiger partial charge >= 0.3 is 5.97 Å². The summed E-state index contributed by atoms with van der Waals surface area (Å²) in [6.07, 6.45) is 1.78. The number of sulfonamides is 1. The Kier molecular flexibility index (Phi) is 7.78. The molecular formula is C21H26N2O5S. The summed E-state index contributed by atoms with van der Waals surface area (Å²) in [4.78, 5) is 23.9. The lowest BCUT2D eigenvalue weighted by molar-refractivity contribution is -0.124. The molecule has 0 spiro atoms. The van der Waals surface area contributed by atoms with Crippen LogP contribution >= 0.6 is 0 Å². The number of anilines is 1. The number of hydrogen-bond acceptors (Lipinski definition) is 5. The van der Waals surface area contributed by atoms with Gasteiger partial charge in [0.15, 0.2) is 6.61 Å². The molecule has 0 radical (unpaired) electrons. The van der Waals surface area contributed by atoms with Crippen LogP contribution in [0.1, 0.15) is 37.0 Å². The number of carbonyl (C=O) groups is 2. The molecule has 1 N–H and O–H groups in total. The molecule has 29 heavy (non-hydrogen) atoms. The molecule has 2 rings (SSSR count). The van der Waals surface area contributed by atoms with Crippen LogP contribution in [0.2, 0.25) is 0 Å². The van der Waals surface area contributed by atoms with Crippen LogP contribution < -0.4 is 9.62 Å². The fourth-order valence-corrected chi connectivity index (χ4v) is 3.93. The highest BCUT2D eigenvalue weighted by Gasteiger charge is 2.22. The number of esters is 1. The van der Waals surface area contributed by atoms with Crippen LogP contribution in [-0.4, -0.2) is 40.0 Å². The quantitative estimate of drug-likeness (QED) is 0.632. The molecular weight excluding hydrogens is 392 g/mol. The van der Waals surface area contributed by atoms with Crippen LogP contribution in [0.15, 0.2) is 59.5 Å². The Morgan fingerprint density at radius 1 is 1.07 bits per heavy atom. The van der Waals surface area contributed by atoms with Crippen molar-refractivity contribution in [3.8, 4) is 0 Å². The highest BCUT2D eigenvalue weighted by atomic mass is 32.2. The van der Waals surface area contributed by atoms with E-state index in [0.717, 1.165) is 12.8 Å². The van der Waals surface area contributed by atoms with E-state index in [-0.39, 0.29) is 29.0 Å². The average molecular weight is 419 g/mol. The summed E-state index contributed by atoms with van der Waals surface area (Å²) in [6.45, 7) is 3.52. The molecule has 0 heterocycles. The molecule has 7 nitrogen and oxygen atoms in total. The Hall–Kier alpha value is -2.87. The number of carbonyl (C=O) groups excluding carboxylic acids is 2. The van der Waals surface area contributed by atoms with E-state index in [1.165, 1.54) is 35.6 Å². The van der Waals surface area contributed by atoms with Gasteiger partial charge in [-0.05, 0) is 49.7 Å². The monoisotopic (exact) mass is 418 g/mol. The van der Waals surface area contributed by atoms with Crippen LogP contribution in [0.25, 0.3) is 0 Å². The lowest BCUT2D eigenvalue weighted by atomic mass is 10.2. The van der Waals surface area contributed by atoms with E-state index in [1.54, 1.807) is 30.3 Å². The van der Waals surface area contributed by atoms with Crippen LogP contribution in [0.5, 0.6) is 0 Å². The minimum atomic E-state index is -3.76. The maximum atomic E-state index is 12.7. The van der Waals surface area contributed by atoms with Crippen LogP contribution in [0, 0.1) is 0 Å². The molecule has 0 aliphatic carbocycles. The first-order chi connectivity index (χ1) is 13.8. The molecule has 156 valence electrons. The number of ether oxygens (including phenoxy) is 1. The van der Waals surface area contributed by atoms with Gasteiger partial charge < -0.3 is 10.1 Å². The van der Waals surface area contributed by atoms with Gasteiger partial charge in [0, 0.05) is 13.1 Å². The molecule has 2 aromatic carbocycles. The largest absolute Gasteiger partial charge is 0.452 e. The van der Waals surface area contributed by atoms with Gasteiger partial charge in [-0.15, -0.1) is 0 Å². The summed E-state index contributed by atoms with van der Waals surface area (Å²) in [6, 6.07) is 14.1. The molecule has 0 unspecified atom stereocenters. The van der Waals surface area contributed by atoms with Gasteiger partial charge in [0.05, 0.1) is 16.1 Å². The van der Waals surface area contributed by atoms with Crippen molar-refractivity contribution < 1.29 is 22.7 Å². The summed E-state index contributed by atoms with van der Waals surface area (Å²) < 4.78 is 31.7. The predicted octanol–water partition coefficient (Wildman–Crippen LogP) is 2.97. The smallest absolute Gasteiger partial charge is 0.338 e. The lowest BCUT2D eigenvalue weighted by Gasteiger charge is -2.19. The fraction of sp³-hybridized carbons (Fsp3) is 0.333. The molecule has 0 fully saturated rings. The van der Waals surface area contributed by atoms with Gasteiger partial charge in [-0.2, -0.15) is 0 Å². The van der Waals surface area contributed by atoms with Crippen molar-refractivity contribution in [1.29, 1.82) is 0 Å². The zero-order chi connectivity index (χ0) is 21.4. The van der Waals surface area contributed by atoms with Crippen molar-refractivity contribution in [2.75, 3.05) is 18.0 Å². The van der Waals surface area contributed by atoms with Gasteiger partial charge in [0.2, 0.25) is 0 Å². The minimum Gasteiger partial charge on any atom is -0.452 e. The van der Waals surface area contributed by atoms with Crippen molar-refractivity contribution in [1.82, 2.24) is 5.32 Å². The zero-order valence-electron chi connectivity index (χ0n) is 16.8. The third-order valence-corrected chi connectivity index (χ3v) is 6.13. The van der Waals surface area contributed by atoms with Gasteiger partial charge in [-0.1, -0.05) is 31.5 Å². The van der Waals surface area contributed by atoms with Gasteiger partial charge in [0.25, 0.3) is 15.9 Å². The Balaban J connectivity index is 2.00. The molecule has 0 aliphatic heterocycles. The van der Waals surface area contributed by atoms with E-state index in [0.29, 0.717) is 5.69 Å². The van der Waals surface area contributed by atoms with E-state index < -0.39 is 16.0 Å². The number of nitrogens with one attached hydrogen (secondary N) is 1. The van der Waals surface area contributed by atoms with Gasteiger partial charge in [0.1, 0.15) is 0 Å². The minimum absolute atomic E-state index is 0.0114. The van der Waals surface area contributed by atoms with Crippen molar-refractivity contribution in [3.05, 3.63) is 60.2 Å². The van der Waals surface area contributed by atoms with Crippen LogP contribution in [-0.2, 0) is 19.6 Å². The van der Waals surface area contributed by atoms with E-state index in [1.807, 2.05) is 13.8 Å². The third-order valence-electron chi connectivity index (χ3n) is 4.33. The first kappa shape index (κ1) is 22.4. The first-order valence-electron chi connectivity index (χ1n) is 9.36.